The van der Waals surface area contributed by atoms with Crippen LogP contribution in [0.15, 0.2) is 54.6 Å². The van der Waals surface area contributed by atoms with Crippen LogP contribution in [0.1, 0.15) is 10.4 Å². The van der Waals surface area contributed by atoms with Crippen LogP contribution in [0, 0.1) is 0 Å². The normalized spacial score (nSPS) is 14.4. The summed E-state index contributed by atoms with van der Waals surface area (Å²) in [6.07, 6.45) is 0. The second-order valence-corrected chi connectivity index (χ2v) is 5.02. The lowest BCUT2D eigenvalue weighted by molar-refractivity contribution is -0.123. The highest BCUT2D eigenvalue weighted by Crippen LogP contribution is 2.22. The van der Waals surface area contributed by atoms with Crippen LogP contribution in [0.25, 0.3) is 0 Å². The van der Waals surface area contributed by atoms with Crippen molar-refractivity contribution >= 4 is 11.8 Å². The number of amides is 2. The van der Waals surface area contributed by atoms with Crippen molar-refractivity contribution in [2.75, 3.05) is 19.6 Å². The number of hydrogen-bond donors (Lipinski definition) is 1. The Balaban J connectivity index is 1.76. The van der Waals surface area contributed by atoms with Gasteiger partial charge in [-0.2, -0.15) is 0 Å². The van der Waals surface area contributed by atoms with Crippen LogP contribution in [0.5, 0.6) is 11.5 Å². The van der Waals surface area contributed by atoms with Gasteiger partial charge in [-0.3, -0.25) is 9.59 Å². The van der Waals surface area contributed by atoms with E-state index in [1.54, 1.807) is 29.2 Å². The molecule has 0 aromatic heterocycles. The third-order valence-corrected chi connectivity index (χ3v) is 3.39. The van der Waals surface area contributed by atoms with Crippen molar-refractivity contribution in [1.82, 2.24) is 10.2 Å². The molecule has 0 spiro atoms. The molecule has 1 heterocycles. The van der Waals surface area contributed by atoms with Gasteiger partial charge >= 0.3 is 0 Å². The number of hydrogen-bond acceptors (Lipinski definition) is 3. The van der Waals surface area contributed by atoms with E-state index in [-0.39, 0.29) is 18.4 Å². The van der Waals surface area contributed by atoms with Crippen molar-refractivity contribution in [3.8, 4) is 11.5 Å². The predicted molar refractivity (Wildman–Crippen MR) is 81.9 cm³/mol. The molecule has 0 aliphatic carbocycles. The quantitative estimate of drug-likeness (QED) is 0.943. The second-order valence-electron chi connectivity index (χ2n) is 5.02. The SMILES string of the molecule is O=C1CN(C(=O)c2cccc(Oc3ccccc3)c2)CCN1. The smallest absolute Gasteiger partial charge is 0.254 e. The van der Waals surface area contributed by atoms with E-state index in [1.165, 1.54) is 0 Å². The van der Waals surface area contributed by atoms with E-state index in [1.807, 2.05) is 30.3 Å². The largest absolute Gasteiger partial charge is 0.457 e. The number of piperazine rings is 1. The van der Waals surface area contributed by atoms with Gasteiger partial charge in [-0.1, -0.05) is 24.3 Å². The minimum Gasteiger partial charge on any atom is -0.457 e. The summed E-state index contributed by atoms with van der Waals surface area (Å²) < 4.78 is 5.73. The molecule has 0 saturated carbocycles. The van der Waals surface area contributed by atoms with E-state index >= 15 is 0 Å². The van der Waals surface area contributed by atoms with Crippen molar-refractivity contribution in [3.63, 3.8) is 0 Å². The molecule has 0 unspecified atom stereocenters. The Morgan fingerprint density at radius 3 is 2.59 bits per heavy atom. The van der Waals surface area contributed by atoms with Crippen molar-refractivity contribution in [2.24, 2.45) is 0 Å². The van der Waals surface area contributed by atoms with Crippen LogP contribution >= 0.6 is 0 Å². The average molecular weight is 296 g/mol. The Morgan fingerprint density at radius 1 is 1.05 bits per heavy atom. The summed E-state index contributed by atoms with van der Waals surface area (Å²) in [7, 11) is 0. The number of nitrogens with one attached hydrogen (secondary N) is 1. The summed E-state index contributed by atoms with van der Waals surface area (Å²) in [5.41, 5.74) is 0.517. The highest BCUT2D eigenvalue weighted by Gasteiger charge is 2.22. The maximum absolute atomic E-state index is 12.4. The summed E-state index contributed by atoms with van der Waals surface area (Å²) >= 11 is 0. The lowest BCUT2D eigenvalue weighted by atomic mass is 10.1. The fourth-order valence-electron chi connectivity index (χ4n) is 2.31. The number of ether oxygens (including phenoxy) is 1. The maximum Gasteiger partial charge on any atom is 0.254 e. The zero-order valence-corrected chi connectivity index (χ0v) is 12.0. The molecule has 112 valence electrons. The molecule has 1 saturated heterocycles. The number of carbonyl (C=O) groups excluding carboxylic acids is 2. The fourth-order valence-corrected chi connectivity index (χ4v) is 2.31. The van der Waals surface area contributed by atoms with Gasteiger partial charge in [-0.25, -0.2) is 0 Å². The topological polar surface area (TPSA) is 58.6 Å². The lowest BCUT2D eigenvalue weighted by Crippen LogP contribution is -2.49. The minimum absolute atomic E-state index is 0.0998. The first-order chi connectivity index (χ1) is 10.7. The Hall–Kier alpha value is -2.82. The molecule has 1 N–H and O–H groups in total. The van der Waals surface area contributed by atoms with E-state index < -0.39 is 0 Å². The van der Waals surface area contributed by atoms with E-state index in [0.717, 1.165) is 0 Å². The number of rotatable bonds is 3. The number of carbonyl (C=O) groups is 2. The third kappa shape index (κ3) is 3.25. The Kier molecular flexibility index (Phi) is 4.05. The summed E-state index contributed by atoms with van der Waals surface area (Å²) in [5, 5.41) is 2.70. The molecule has 0 bridgehead atoms. The van der Waals surface area contributed by atoms with Gasteiger partial charge in [-0.15, -0.1) is 0 Å². The Bertz CT molecular complexity index is 685. The van der Waals surface area contributed by atoms with Crippen LogP contribution in [0.4, 0.5) is 0 Å². The highest BCUT2D eigenvalue weighted by molar-refractivity contribution is 5.97. The van der Waals surface area contributed by atoms with E-state index in [4.69, 9.17) is 4.74 Å². The van der Waals surface area contributed by atoms with Gasteiger partial charge in [0.1, 0.15) is 11.5 Å². The van der Waals surface area contributed by atoms with Gasteiger partial charge in [0.15, 0.2) is 0 Å². The van der Waals surface area contributed by atoms with Crippen LogP contribution in [-0.4, -0.2) is 36.3 Å². The summed E-state index contributed by atoms with van der Waals surface area (Å²) in [5.74, 6) is 1.02. The summed E-state index contributed by atoms with van der Waals surface area (Å²) in [6, 6.07) is 16.4. The summed E-state index contributed by atoms with van der Waals surface area (Å²) in [4.78, 5) is 25.4. The third-order valence-electron chi connectivity index (χ3n) is 3.39. The van der Waals surface area contributed by atoms with Gasteiger partial charge in [0.2, 0.25) is 5.91 Å². The molecule has 5 nitrogen and oxygen atoms in total. The van der Waals surface area contributed by atoms with E-state index in [2.05, 4.69) is 5.32 Å². The van der Waals surface area contributed by atoms with Crippen molar-refractivity contribution in [1.29, 1.82) is 0 Å². The monoisotopic (exact) mass is 296 g/mol. The molecule has 2 aromatic rings. The molecule has 1 aliphatic heterocycles. The van der Waals surface area contributed by atoms with Crippen LogP contribution < -0.4 is 10.1 Å². The van der Waals surface area contributed by atoms with Gasteiger partial charge in [-0.05, 0) is 30.3 Å². The molecular formula is C17H16N2O3. The molecule has 1 fully saturated rings. The first-order valence-corrected chi connectivity index (χ1v) is 7.11. The van der Waals surface area contributed by atoms with Crippen molar-refractivity contribution < 1.29 is 14.3 Å². The first kappa shape index (κ1) is 14.1. The van der Waals surface area contributed by atoms with Crippen molar-refractivity contribution in [2.45, 2.75) is 0 Å². The van der Waals surface area contributed by atoms with Gasteiger partial charge < -0.3 is 15.0 Å². The van der Waals surface area contributed by atoms with Gasteiger partial charge in [0.25, 0.3) is 5.91 Å². The molecular weight excluding hydrogens is 280 g/mol. The predicted octanol–water partition coefficient (Wildman–Crippen LogP) is 2.05. The Morgan fingerprint density at radius 2 is 1.82 bits per heavy atom. The van der Waals surface area contributed by atoms with Gasteiger partial charge in [0.05, 0.1) is 6.54 Å². The number of nitrogens with zero attached hydrogens (tertiary/aromatic N) is 1. The molecule has 0 atom stereocenters. The zero-order valence-electron chi connectivity index (χ0n) is 12.0. The van der Waals surface area contributed by atoms with E-state index in [0.29, 0.717) is 30.2 Å². The molecule has 1 aliphatic rings. The summed E-state index contributed by atoms with van der Waals surface area (Å²) in [6.45, 7) is 1.11. The number of benzene rings is 2. The molecule has 22 heavy (non-hydrogen) atoms. The number of para-hydroxylation sites is 1. The average Bonchev–Trinajstić information content (AvgIpc) is 2.55. The van der Waals surface area contributed by atoms with Crippen molar-refractivity contribution in [3.05, 3.63) is 60.2 Å². The van der Waals surface area contributed by atoms with E-state index in [9.17, 15) is 9.59 Å². The zero-order chi connectivity index (χ0) is 15.4. The Labute approximate surface area is 128 Å². The first-order valence-electron chi connectivity index (χ1n) is 7.11. The van der Waals surface area contributed by atoms with Gasteiger partial charge in [0, 0.05) is 18.7 Å². The molecule has 2 amide bonds. The fraction of sp³-hybridized carbons (Fsp3) is 0.176. The molecule has 2 aromatic carbocycles. The van der Waals surface area contributed by atoms with Crippen LogP contribution in [0.3, 0.4) is 0 Å². The van der Waals surface area contributed by atoms with Crippen LogP contribution in [-0.2, 0) is 4.79 Å². The lowest BCUT2D eigenvalue weighted by Gasteiger charge is -2.26. The second kappa shape index (κ2) is 6.30. The molecule has 0 radical (unpaired) electrons. The van der Waals surface area contributed by atoms with Crippen LogP contribution in [0.2, 0.25) is 0 Å². The highest BCUT2D eigenvalue weighted by atomic mass is 16.5. The maximum atomic E-state index is 12.4. The molecule has 3 rings (SSSR count). The standard InChI is InChI=1S/C17H16N2O3/c20-16-12-19(10-9-18-16)17(21)13-5-4-8-15(11-13)22-14-6-2-1-3-7-14/h1-8,11H,9-10,12H2,(H,18,20). The molecule has 5 heteroatoms. The minimum atomic E-state index is -0.159.